The Morgan fingerprint density at radius 1 is 1.04 bits per heavy atom. The maximum Gasteiger partial charge on any atom is 0.209 e. The van der Waals surface area contributed by atoms with Gasteiger partial charge in [0.1, 0.15) is 0 Å². The van der Waals surface area contributed by atoms with Crippen molar-refractivity contribution in [3.05, 3.63) is 71.2 Å². The largest absolute Gasteiger partial charge is 0.346 e. The zero-order valence-corrected chi connectivity index (χ0v) is 17.1. The molecule has 4 nitrogen and oxygen atoms in total. The van der Waals surface area contributed by atoms with Crippen molar-refractivity contribution in [3.63, 3.8) is 0 Å². The molecule has 0 fully saturated rings. The van der Waals surface area contributed by atoms with Crippen molar-refractivity contribution in [3.8, 4) is 0 Å². The van der Waals surface area contributed by atoms with Gasteiger partial charge in [-0.2, -0.15) is 5.10 Å². The van der Waals surface area contributed by atoms with Crippen LogP contribution in [0.15, 0.2) is 70.7 Å². The van der Waals surface area contributed by atoms with Crippen LogP contribution in [0.5, 0.6) is 0 Å². The Morgan fingerprint density at radius 3 is 2.35 bits per heavy atom. The molecule has 0 saturated carbocycles. The minimum atomic E-state index is -2.51. The van der Waals surface area contributed by atoms with Gasteiger partial charge in [0.15, 0.2) is 0 Å². The van der Waals surface area contributed by atoms with Crippen LogP contribution in [0.4, 0.5) is 11.4 Å². The van der Waals surface area contributed by atoms with Crippen LogP contribution >= 0.6 is 6.42 Å². The molecule has 6 heteroatoms. The molecule has 134 valence electrons. The van der Waals surface area contributed by atoms with Gasteiger partial charge in [0.2, 0.25) is 6.42 Å². The van der Waals surface area contributed by atoms with Gasteiger partial charge in [-0.1, -0.05) is 50.2 Å². The predicted molar refractivity (Wildman–Crippen MR) is 114 cm³/mol. The van der Waals surface area contributed by atoms with E-state index in [2.05, 4.69) is 55.2 Å². The summed E-state index contributed by atoms with van der Waals surface area (Å²) < 4.78 is 7.86. The van der Waals surface area contributed by atoms with Gasteiger partial charge in [-0.15, -0.1) is 0 Å². The molecule has 2 aromatic rings. The number of rotatable bonds is 2. The Balaban J connectivity index is 1.91. The first-order valence-electron chi connectivity index (χ1n) is 8.55. The fourth-order valence-corrected chi connectivity index (χ4v) is 6.84. The van der Waals surface area contributed by atoms with Gasteiger partial charge >= 0.3 is 0 Å². The summed E-state index contributed by atoms with van der Waals surface area (Å²) in [4.78, 5) is 2.24. The van der Waals surface area contributed by atoms with Crippen LogP contribution in [0.3, 0.4) is 0 Å². The van der Waals surface area contributed by atoms with E-state index >= 15 is 0 Å². The summed E-state index contributed by atoms with van der Waals surface area (Å²) in [5, 5.41) is 5.68. The standard InChI is InChI=1S/C20H22N3OPS/c1-20(2)16-12-8-9-13-17(16)22(3)19(20)18-14-21-23(25(18,26)24-4)15-10-6-5-7-11-15/h5-14H,1-4H3/b19-18+/t25-/m1/s1. The highest BCUT2D eigenvalue weighted by molar-refractivity contribution is 8.15. The van der Waals surface area contributed by atoms with E-state index in [0.717, 1.165) is 11.0 Å². The third kappa shape index (κ3) is 2.31. The lowest BCUT2D eigenvalue weighted by molar-refractivity contribution is 0.462. The van der Waals surface area contributed by atoms with Crippen LogP contribution in [0.2, 0.25) is 0 Å². The minimum Gasteiger partial charge on any atom is -0.346 e. The molecule has 2 aromatic carbocycles. The molecule has 0 saturated heterocycles. The first-order valence-corrected chi connectivity index (χ1v) is 11.2. The molecule has 4 rings (SSSR count). The highest BCUT2D eigenvalue weighted by Gasteiger charge is 2.46. The molecule has 26 heavy (non-hydrogen) atoms. The highest BCUT2D eigenvalue weighted by Crippen LogP contribution is 2.65. The van der Waals surface area contributed by atoms with Crippen molar-refractivity contribution in [1.29, 1.82) is 0 Å². The van der Waals surface area contributed by atoms with Crippen molar-refractivity contribution in [2.75, 3.05) is 23.8 Å². The summed E-state index contributed by atoms with van der Waals surface area (Å²) in [5.41, 5.74) is 4.48. The van der Waals surface area contributed by atoms with E-state index in [1.54, 1.807) is 7.11 Å². The fraction of sp³-hybridized carbons (Fsp3) is 0.250. The van der Waals surface area contributed by atoms with E-state index in [9.17, 15) is 0 Å². The summed E-state index contributed by atoms with van der Waals surface area (Å²) in [6.45, 7) is 4.48. The molecule has 0 N–H and O–H groups in total. The first-order chi connectivity index (χ1) is 12.4. The van der Waals surface area contributed by atoms with Crippen LogP contribution in [-0.4, -0.2) is 20.4 Å². The van der Waals surface area contributed by atoms with Crippen molar-refractivity contribution in [2.24, 2.45) is 5.10 Å². The summed E-state index contributed by atoms with van der Waals surface area (Å²) in [6.07, 6.45) is -0.606. The highest BCUT2D eigenvalue weighted by atomic mass is 32.4. The molecule has 0 bridgehead atoms. The lowest BCUT2D eigenvalue weighted by Crippen LogP contribution is -2.25. The van der Waals surface area contributed by atoms with E-state index < -0.39 is 6.42 Å². The quantitative estimate of drug-likeness (QED) is 0.676. The number of allylic oxidation sites excluding steroid dienone is 2. The number of fused-ring (bicyclic) bond motifs is 1. The van der Waals surface area contributed by atoms with Crippen molar-refractivity contribution < 1.29 is 4.52 Å². The second-order valence-electron chi connectivity index (χ2n) is 7.01. The zero-order chi connectivity index (χ0) is 18.5. The topological polar surface area (TPSA) is 28.1 Å². The lowest BCUT2D eigenvalue weighted by Gasteiger charge is -2.32. The Morgan fingerprint density at radius 2 is 1.69 bits per heavy atom. The number of anilines is 2. The molecule has 1 atom stereocenters. The number of hydrogen-bond donors (Lipinski definition) is 0. The lowest BCUT2D eigenvalue weighted by atomic mass is 9.84. The van der Waals surface area contributed by atoms with Crippen LogP contribution in [0.25, 0.3) is 0 Å². The normalized spacial score (nSPS) is 26.5. The van der Waals surface area contributed by atoms with Gasteiger partial charge in [-0.3, -0.25) is 0 Å². The minimum absolute atomic E-state index is 0.165. The van der Waals surface area contributed by atoms with Crippen molar-refractivity contribution in [1.82, 2.24) is 0 Å². The smallest absolute Gasteiger partial charge is 0.209 e. The number of para-hydroxylation sites is 2. The van der Waals surface area contributed by atoms with E-state index in [1.807, 2.05) is 41.3 Å². The maximum atomic E-state index is 6.10. The summed E-state index contributed by atoms with van der Waals surface area (Å²) in [6, 6.07) is 18.5. The van der Waals surface area contributed by atoms with E-state index in [1.165, 1.54) is 16.9 Å². The predicted octanol–water partition coefficient (Wildman–Crippen LogP) is 5.09. The molecular weight excluding hydrogens is 361 g/mol. The van der Waals surface area contributed by atoms with Crippen LogP contribution in [0, 0.1) is 0 Å². The molecule has 0 unspecified atom stereocenters. The van der Waals surface area contributed by atoms with Crippen molar-refractivity contribution in [2.45, 2.75) is 19.3 Å². The van der Waals surface area contributed by atoms with Crippen molar-refractivity contribution >= 4 is 35.8 Å². The molecule has 0 aliphatic carbocycles. The number of likely N-dealkylation sites (N-methyl/N-ethyl adjacent to an activating group) is 1. The number of nitrogens with zero attached hydrogens (tertiary/aromatic N) is 3. The van der Waals surface area contributed by atoms with Gasteiger partial charge in [0.25, 0.3) is 0 Å². The molecule has 0 radical (unpaired) electrons. The van der Waals surface area contributed by atoms with Gasteiger partial charge in [-0.25, -0.2) is 4.78 Å². The Hall–Kier alpha value is -1.94. The zero-order valence-electron chi connectivity index (χ0n) is 15.4. The van der Waals surface area contributed by atoms with E-state index in [4.69, 9.17) is 16.3 Å². The summed E-state index contributed by atoms with van der Waals surface area (Å²) in [7, 11) is 3.80. The van der Waals surface area contributed by atoms with Gasteiger partial charge in [-0.05, 0) is 35.6 Å². The second kappa shape index (κ2) is 6.05. The Kier molecular flexibility index (Phi) is 4.07. The average Bonchev–Trinajstić information content (AvgIpc) is 3.09. The van der Waals surface area contributed by atoms with Crippen LogP contribution in [-0.2, 0) is 21.7 Å². The van der Waals surface area contributed by atoms with Crippen LogP contribution < -0.4 is 9.68 Å². The number of hydrazone groups is 1. The maximum absolute atomic E-state index is 6.10. The SMILES string of the molecule is CO[P@@]1(=S)/C(=C2/N(C)c3ccccc3C2(C)C)C=NN1c1ccccc1. The third-order valence-electron chi connectivity index (χ3n) is 5.19. The third-order valence-corrected chi connectivity index (χ3v) is 8.95. The molecule has 2 aliphatic rings. The summed E-state index contributed by atoms with van der Waals surface area (Å²) >= 11 is 6.10. The number of benzene rings is 2. The fourth-order valence-electron chi connectivity index (χ4n) is 3.96. The van der Waals surface area contributed by atoms with Gasteiger partial charge < -0.3 is 9.42 Å². The molecule has 2 aliphatic heterocycles. The monoisotopic (exact) mass is 383 g/mol. The molecule has 0 amide bonds. The Bertz CT molecular complexity index is 968. The first kappa shape index (κ1) is 17.5. The van der Waals surface area contributed by atoms with Gasteiger partial charge in [0, 0.05) is 31.0 Å². The average molecular weight is 383 g/mol. The molecule has 0 aromatic heterocycles. The Labute approximate surface area is 159 Å². The number of hydrogen-bond acceptors (Lipinski definition) is 4. The van der Waals surface area contributed by atoms with E-state index in [0.29, 0.717) is 0 Å². The summed E-state index contributed by atoms with van der Waals surface area (Å²) in [5.74, 6) is 0. The van der Waals surface area contributed by atoms with Gasteiger partial charge in [0.05, 0.1) is 17.2 Å². The molecule has 2 heterocycles. The molecular formula is C20H22N3OPS. The second-order valence-corrected chi connectivity index (χ2v) is 10.8. The van der Waals surface area contributed by atoms with Crippen LogP contribution in [0.1, 0.15) is 19.4 Å². The molecule has 0 spiro atoms. The van der Waals surface area contributed by atoms with E-state index in [-0.39, 0.29) is 5.41 Å².